The minimum atomic E-state index is -0.335. The number of carbonyl (C=O) groups is 2. The number of Topliss-reactive ketones (excluding diaryl/α,β-unsaturated/α-hetero) is 1. The molecule has 0 bridgehead atoms. The largest absolute Gasteiger partial charge is 0.466 e. The van der Waals surface area contributed by atoms with E-state index in [1.807, 2.05) is 13.8 Å². The number of hydrogen-bond donors (Lipinski definition) is 0. The fourth-order valence-corrected chi connectivity index (χ4v) is 2.01. The van der Waals surface area contributed by atoms with Gasteiger partial charge in [-0.05, 0) is 20.8 Å². The number of oxazole rings is 1. The normalized spacial score (nSPS) is 10.4. The molecule has 100 valence electrons. The Hall–Kier alpha value is -1.30. The molecule has 0 saturated heterocycles. The molecule has 0 atom stereocenters. The zero-order chi connectivity index (χ0) is 13.5. The summed E-state index contributed by atoms with van der Waals surface area (Å²) in [5.74, 6) is 0.676. The van der Waals surface area contributed by atoms with Gasteiger partial charge in [-0.2, -0.15) is 0 Å². The summed E-state index contributed by atoms with van der Waals surface area (Å²) in [5.41, 5.74) is 0.830. The van der Waals surface area contributed by atoms with E-state index in [1.54, 1.807) is 6.92 Å². The van der Waals surface area contributed by atoms with Gasteiger partial charge in [0.1, 0.15) is 11.5 Å². The number of nitrogens with zero attached hydrogens (tertiary/aromatic N) is 1. The number of ether oxygens (including phenoxy) is 1. The summed E-state index contributed by atoms with van der Waals surface area (Å²) >= 11 is 1.25. The highest BCUT2D eigenvalue weighted by atomic mass is 32.2. The van der Waals surface area contributed by atoms with Crippen LogP contribution in [-0.2, 0) is 14.3 Å². The molecule has 0 aliphatic heterocycles. The predicted octanol–water partition coefficient (Wildman–Crippen LogP) is 2.30. The van der Waals surface area contributed by atoms with Crippen LogP contribution in [0, 0.1) is 13.8 Å². The van der Waals surface area contributed by atoms with E-state index in [9.17, 15) is 9.59 Å². The van der Waals surface area contributed by atoms with Gasteiger partial charge < -0.3 is 9.15 Å². The molecule has 0 fully saturated rings. The van der Waals surface area contributed by atoms with Crippen molar-refractivity contribution >= 4 is 23.5 Å². The van der Waals surface area contributed by atoms with Gasteiger partial charge in [-0.25, -0.2) is 4.98 Å². The van der Waals surface area contributed by atoms with Crippen molar-refractivity contribution in [2.24, 2.45) is 0 Å². The van der Waals surface area contributed by atoms with Crippen LogP contribution in [0.15, 0.2) is 9.64 Å². The van der Waals surface area contributed by atoms with Crippen LogP contribution in [0.3, 0.4) is 0 Å². The van der Waals surface area contributed by atoms with Crippen LogP contribution in [0.2, 0.25) is 0 Å². The van der Waals surface area contributed by atoms with Crippen LogP contribution in [0.4, 0.5) is 0 Å². The molecule has 0 radical (unpaired) electrons. The van der Waals surface area contributed by atoms with E-state index < -0.39 is 0 Å². The van der Waals surface area contributed by atoms with Gasteiger partial charge >= 0.3 is 5.97 Å². The smallest absolute Gasteiger partial charge is 0.306 e. The van der Waals surface area contributed by atoms with Gasteiger partial charge in [0, 0.05) is 6.42 Å². The maximum Gasteiger partial charge on any atom is 0.306 e. The van der Waals surface area contributed by atoms with Crippen LogP contribution < -0.4 is 0 Å². The molecule has 0 aliphatic rings. The Balaban J connectivity index is 2.27. The predicted molar refractivity (Wildman–Crippen MR) is 67.6 cm³/mol. The van der Waals surface area contributed by atoms with Crippen LogP contribution in [-0.4, -0.2) is 29.1 Å². The molecule has 1 aromatic heterocycles. The van der Waals surface area contributed by atoms with E-state index in [4.69, 9.17) is 9.15 Å². The highest BCUT2D eigenvalue weighted by Gasteiger charge is 2.11. The van der Waals surface area contributed by atoms with Crippen LogP contribution in [0.5, 0.6) is 0 Å². The van der Waals surface area contributed by atoms with Crippen molar-refractivity contribution in [3.8, 4) is 0 Å². The van der Waals surface area contributed by atoms with E-state index in [0.29, 0.717) is 11.8 Å². The lowest BCUT2D eigenvalue weighted by Crippen LogP contribution is -2.09. The molecule has 1 rings (SSSR count). The number of aryl methyl sites for hydroxylation is 2. The Morgan fingerprint density at radius 2 is 2.06 bits per heavy atom. The van der Waals surface area contributed by atoms with Gasteiger partial charge in [0.05, 0.1) is 24.5 Å². The van der Waals surface area contributed by atoms with Crippen LogP contribution >= 0.6 is 11.8 Å². The standard InChI is InChI=1S/C12H17NO4S/c1-4-16-11(15)6-5-10(14)7-18-12-13-8(2)9(3)17-12/h4-7H2,1-3H3. The van der Waals surface area contributed by atoms with Crippen LogP contribution in [0.25, 0.3) is 0 Å². The highest BCUT2D eigenvalue weighted by Crippen LogP contribution is 2.20. The van der Waals surface area contributed by atoms with Gasteiger partial charge in [0.25, 0.3) is 5.22 Å². The molecular formula is C12H17NO4S. The molecule has 0 aromatic carbocycles. The number of rotatable bonds is 7. The molecule has 1 heterocycles. The SMILES string of the molecule is CCOC(=O)CCC(=O)CSc1nc(C)c(C)o1. The summed E-state index contributed by atoms with van der Waals surface area (Å²) in [5, 5.41) is 0.495. The third-order valence-corrected chi connectivity index (χ3v) is 3.17. The van der Waals surface area contributed by atoms with Crippen molar-refractivity contribution in [3.05, 3.63) is 11.5 Å². The minimum Gasteiger partial charge on any atom is -0.466 e. The molecule has 1 aromatic rings. The molecular weight excluding hydrogens is 254 g/mol. The molecule has 0 unspecified atom stereocenters. The maximum absolute atomic E-state index is 11.5. The first kappa shape index (κ1) is 14.8. The second kappa shape index (κ2) is 7.20. The van der Waals surface area contributed by atoms with Crippen molar-refractivity contribution in [2.75, 3.05) is 12.4 Å². The number of thioether (sulfide) groups is 1. The molecule has 0 amide bonds. The van der Waals surface area contributed by atoms with Gasteiger partial charge in [0.2, 0.25) is 0 Å². The van der Waals surface area contributed by atoms with Crippen LogP contribution in [0.1, 0.15) is 31.2 Å². The van der Waals surface area contributed by atoms with E-state index in [2.05, 4.69) is 4.98 Å². The van der Waals surface area contributed by atoms with E-state index in [1.165, 1.54) is 11.8 Å². The topological polar surface area (TPSA) is 69.4 Å². The number of carbonyl (C=O) groups excluding carboxylic acids is 2. The first-order chi connectivity index (χ1) is 8.52. The number of ketones is 1. The van der Waals surface area contributed by atoms with Gasteiger partial charge in [-0.3, -0.25) is 9.59 Å². The maximum atomic E-state index is 11.5. The molecule has 18 heavy (non-hydrogen) atoms. The summed E-state index contributed by atoms with van der Waals surface area (Å²) in [4.78, 5) is 26.7. The summed E-state index contributed by atoms with van der Waals surface area (Å²) < 4.78 is 10.1. The van der Waals surface area contributed by atoms with E-state index in [0.717, 1.165) is 11.5 Å². The van der Waals surface area contributed by atoms with Gasteiger partial charge in [-0.15, -0.1) is 0 Å². The molecule has 6 heteroatoms. The van der Waals surface area contributed by atoms with E-state index in [-0.39, 0.29) is 30.3 Å². The number of aromatic nitrogens is 1. The summed E-state index contributed by atoms with van der Waals surface area (Å²) in [6.45, 7) is 5.76. The van der Waals surface area contributed by atoms with Gasteiger partial charge in [0.15, 0.2) is 0 Å². The quantitative estimate of drug-likeness (QED) is 0.560. The average molecular weight is 271 g/mol. The van der Waals surface area contributed by atoms with Gasteiger partial charge in [-0.1, -0.05) is 11.8 Å². The summed E-state index contributed by atoms with van der Waals surface area (Å²) in [7, 11) is 0. The minimum absolute atomic E-state index is 0.0124. The zero-order valence-corrected chi connectivity index (χ0v) is 11.6. The molecule has 5 nitrogen and oxygen atoms in total. The lowest BCUT2D eigenvalue weighted by Gasteiger charge is -2.00. The van der Waals surface area contributed by atoms with Crippen molar-refractivity contribution in [1.29, 1.82) is 0 Å². The van der Waals surface area contributed by atoms with Crippen molar-refractivity contribution < 1.29 is 18.7 Å². The van der Waals surface area contributed by atoms with Crippen molar-refractivity contribution in [3.63, 3.8) is 0 Å². The van der Waals surface area contributed by atoms with Crippen molar-refractivity contribution in [1.82, 2.24) is 4.98 Å². The Kier molecular flexibility index (Phi) is 5.91. The lowest BCUT2D eigenvalue weighted by molar-refractivity contribution is -0.144. The Labute approximate surface area is 110 Å². The fourth-order valence-electron chi connectivity index (χ4n) is 1.19. The van der Waals surface area contributed by atoms with Crippen molar-refractivity contribution in [2.45, 2.75) is 38.8 Å². The second-order valence-electron chi connectivity index (χ2n) is 3.75. The summed E-state index contributed by atoms with van der Waals surface area (Å²) in [6.07, 6.45) is 0.335. The molecule has 0 saturated carbocycles. The Bertz CT molecular complexity index is 408. The Morgan fingerprint density at radius 3 is 2.61 bits per heavy atom. The lowest BCUT2D eigenvalue weighted by atomic mass is 10.2. The number of esters is 1. The number of hydrogen-bond acceptors (Lipinski definition) is 6. The highest BCUT2D eigenvalue weighted by molar-refractivity contribution is 7.99. The summed E-state index contributed by atoms with van der Waals surface area (Å²) in [6, 6.07) is 0. The monoisotopic (exact) mass is 271 g/mol. The average Bonchev–Trinajstić information content (AvgIpc) is 2.64. The first-order valence-corrected chi connectivity index (χ1v) is 6.75. The molecule has 0 N–H and O–H groups in total. The fraction of sp³-hybridized carbons (Fsp3) is 0.583. The molecule has 0 spiro atoms. The second-order valence-corrected chi connectivity index (χ2v) is 4.68. The third kappa shape index (κ3) is 4.91. The zero-order valence-electron chi connectivity index (χ0n) is 10.8. The third-order valence-electron chi connectivity index (χ3n) is 2.28. The first-order valence-electron chi connectivity index (χ1n) is 5.77. The molecule has 0 aliphatic carbocycles. The van der Waals surface area contributed by atoms with E-state index >= 15 is 0 Å². The Morgan fingerprint density at radius 1 is 1.33 bits per heavy atom.